The van der Waals surface area contributed by atoms with Crippen molar-refractivity contribution in [1.82, 2.24) is 15.6 Å². The number of nitrogens with zero attached hydrogens (tertiary/aromatic N) is 2. The largest absolute Gasteiger partial charge is 0.493 e. The van der Waals surface area contributed by atoms with Crippen molar-refractivity contribution in [3.8, 4) is 5.75 Å². The Labute approximate surface area is 113 Å². The number of amides is 1. The van der Waals surface area contributed by atoms with Gasteiger partial charge in [0.1, 0.15) is 6.04 Å². The Bertz CT molecular complexity index is 438. The molecule has 1 aromatic heterocycles. The molecule has 0 radical (unpaired) electrons. The predicted octanol–water partition coefficient (Wildman–Crippen LogP) is 0.00450. The lowest BCUT2D eigenvalue weighted by atomic mass is 10.1. The number of carbonyl (C=O) groups excluding carboxylic acids is 1. The van der Waals surface area contributed by atoms with E-state index in [0.717, 1.165) is 18.9 Å². The summed E-state index contributed by atoms with van der Waals surface area (Å²) in [5, 5.41) is 6.10. The summed E-state index contributed by atoms with van der Waals surface area (Å²) in [6, 6.07) is 3.43. The Kier molecular flexibility index (Phi) is 4.57. The number of hydrogen-bond donors (Lipinski definition) is 2. The summed E-state index contributed by atoms with van der Waals surface area (Å²) in [5.74, 6) is 1.43. The highest BCUT2D eigenvalue weighted by atomic mass is 16.5. The third-order valence-corrected chi connectivity index (χ3v) is 3.14. The topological polar surface area (TPSA) is 66.5 Å². The van der Waals surface area contributed by atoms with E-state index in [1.54, 1.807) is 13.3 Å². The van der Waals surface area contributed by atoms with Gasteiger partial charge in [0.05, 0.1) is 7.11 Å². The number of likely N-dealkylation sites (N-methyl/N-ethyl adjacent to an activating group) is 1. The zero-order chi connectivity index (χ0) is 13.7. The van der Waals surface area contributed by atoms with Gasteiger partial charge < -0.3 is 20.3 Å². The van der Waals surface area contributed by atoms with Crippen molar-refractivity contribution in [2.45, 2.75) is 13.0 Å². The number of nitrogens with one attached hydrogen (secondary N) is 2. The van der Waals surface area contributed by atoms with Gasteiger partial charge in [-0.05, 0) is 19.1 Å². The first-order valence-corrected chi connectivity index (χ1v) is 6.52. The van der Waals surface area contributed by atoms with Crippen molar-refractivity contribution in [1.29, 1.82) is 0 Å². The molecule has 1 amide bonds. The van der Waals surface area contributed by atoms with Crippen LogP contribution in [0.1, 0.15) is 6.92 Å². The quantitative estimate of drug-likeness (QED) is 0.801. The zero-order valence-electron chi connectivity index (χ0n) is 11.3. The summed E-state index contributed by atoms with van der Waals surface area (Å²) in [6.45, 7) is 4.72. The van der Waals surface area contributed by atoms with Gasteiger partial charge in [-0.2, -0.15) is 0 Å². The first-order chi connectivity index (χ1) is 9.27. The normalized spacial score (nSPS) is 19.1. The highest BCUT2D eigenvalue weighted by molar-refractivity contribution is 5.86. The number of rotatable bonds is 4. The fraction of sp³-hybridized carbons (Fsp3) is 0.538. The molecule has 2 N–H and O–H groups in total. The van der Waals surface area contributed by atoms with Crippen LogP contribution in [0.2, 0.25) is 0 Å². The highest BCUT2D eigenvalue weighted by Crippen LogP contribution is 2.27. The molecule has 6 heteroatoms. The molecular formula is C13H20N4O2. The van der Waals surface area contributed by atoms with Crippen LogP contribution in [-0.2, 0) is 4.79 Å². The third kappa shape index (κ3) is 2.96. The Morgan fingerprint density at radius 2 is 2.53 bits per heavy atom. The van der Waals surface area contributed by atoms with Crippen molar-refractivity contribution < 1.29 is 9.53 Å². The van der Waals surface area contributed by atoms with E-state index in [9.17, 15) is 4.79 Å². The maximum atomic E-state index is 12.1. The minimum Gasteiger partial charge on any atom is -0.493 e. The average molecular weight is 264 g/mol. The molecule has 19 heavy (non-hydrogen) atoms. The smallest absolute Gasteiger partial charge is 0.244 e. The molecule has 0 bridgehead atoms. The van der Waals surface area contributed by atoms with Crippen molar-refractivity contribution in [2.24, 2.45) is 0 Å². The van der Waals surface area contributed by atoms with Crippen molar-refractivity contribution in [3.63, 3.8) is 0 Å². The first kappa shape index (κ1) is 13.6. The molecule has 1 unspecified atom stereocenters. The molecule has 1 saturated heterocycles. The molecule has 0 aliphatic carbocycles. The van der Waals surface area contributed by atoms with Crippen molar-refractivity contribution in [2.75, 3.05) is 38.2 Å². The van der Waals surface area contributed by atoms with Crippen LogP contribution in [0, 0.1) is 0 Å². The maximum Gasteiger partial charge on any atom is 0.244 e. The van der Waals surface area contributed by atoms with Crippen LogP contribution in [0.5, 0.6) is 5.75 Å². The van der Waals surface area contributed by atoms with Crippen LogP contribution in [0.4, 0.5) is 5.82 Å². The van der Waals surface area contributed by atoms with E-state index >= 15 is 0 Å². The Balaban J connectivity index is 2.26. The standard InChI is InChI=1S/C13H20N4O2/c1-3-15-13(18)10-9-14-7-8-17(10)12-11(19-2)5-4-6-16-12/h4-6,10,14H,3,7-9H2,1-2H3,(H,15,18). The molecule has 0 saturated carbocycles. The third-order valence-electron chi connectivity index (χ3n) is 3.14. The van der Waals surface area contributed by atoms with Gasteiger partial charge in [-0.15, -0.1) is 0 Å². The lowest BCUT2D eigenvalue weighted by molar-refractivity contribution is -0.122. The number of anilines is 1. The average Bonchev–Trinajstić information content (AvgIpc) is 2.47. The van der Waals surface area contributed by atoms with Crippen molar-refractivity contribution >= 4 is 11.7 Å². The summed E-state index contributed by atoms with van der Waals surface area (Å²) in [4.78, 5) is 18.5. The van der Waals surface area contributed by atoms with Gasteiger partial charge in [0.25, 0.3) is 0 Å². The molecule has 6 nitrogen and oxygen atoms in total. The van der Waals surface area contributed by atoms with E-state index in [0.29, 0.717) is 18.8 Å². The van der Waals surface area contributed by atoms with Crippen LogP contribution in [0.25, 0.3) is 0 Å². The summed E-state index contributed by atoms with van der Waals surface area (Å²) in [5.41, 5.74) is 0. The molecule has 1 fully saturated rings. The van der Waals surface area contributed by atoms with Gasteiger partial charge >= 0.3 is 0 Å². The van der Waals surface area contributed by atoms with E-state index < -0.39 is 0 Å². The predicted molar refractivity (Wildman–Crippen MR) is 73.5 cm³/mol. The number of pyridine rings is 1. The van der Waals surface area contributed by atoms with Crippen LogP contribution in [0.15, 0.2) is 18.3 Å². The summed E-state index contributed by atoms with van der Waals surface area (Å²) >= 11 is 0. The molecule has 2 rings (SSSR count). The second kappa shape index (κ2) is 6.38. The molecule has 1 aliphatic heterocycles. The molecule has 0 spiro atoms. The molecule has 104 valence electrons. The molecule has 1 aliphatic rings. The number of methoxy groups -OCH3 is 1. The number of ether oxygens (including phenoxy) is 1. The van der Waals surface area contributed by atoms with E-state index in [-0.39, 0.29) is 11.9 Å². The van der Waals surface area contributed by atoms with Gasteiger partial charge in [-0.1, -0.05) is 0 Å². The summed E-state index contributed by atoms with van der Waals surface area (Å²) in [6.07, 6.45) is 1.72. The number of aromatic nitrogens is 1. The number of carbonyl (C=O) groups is 1. The second-order valence-electron chi connectivity index (χ2n) is 4.34. The summed E-state index contributed by atoms with van der Waals surface area (Å²) < 4.78 is 5.33. The fourth-order valence-electron chi connectivity index (χ4n) is 2.24. The van der Waals surface area contributed by atoms with E-state index in [4.69, 9.17) is 4.74 Å². The molecular weight excluding hydrogens is 244 g/mol. The minimum atomic E-state index is -0.252. The lowest BCUT2D eigenvalue weighted by Gasteiger charge is -2.36. The first-order valence-electron chi connectivity index (χ1n) is 6.52. The highest BCUT2D eigenvalue weighted by Gasteiger charge is 2.30. The molecule has 1 atom stereocenters. The van der Waals surface area contributed by atoms with Crippen LogP contribution in [0.3, 0.4) is 0 Å². The van der Waals surface area contributed by atoms with Crippen LogP contribution >= 0.6 is 0 Å². The fourth-order valence-corrected chi connectivity index (χ4v) is 2.24. The van der Waals surface area contributed by atoms with Gasteiger partial charge in [0.15, 0.2) is 11.6 Å². The van der Waals surface area contributed by atoms with E-state index in [1.807, 2.05) is 24.0 Å². The lowest BCUT2D eigenvalue weighted by Crippen LogP contribution is -2.58. The Hall–Kier alpha value is -1.82. The SMILES string of the molecule is CCNC(=O)C1CNCCN1c1ncccc1OC. The van der Waals surface area contributed by atoms with Crippen molar-refractivity contribution in [3.05, 3.63) is 18.3 Å². The van der Waals surface area contributed by atoms with Gasteiger partial charge in [-0.3, -0.25) is 4.79 Å². The van der Waals surface area contributed by atoms with Crippen LogP contribution in [-0.4, -0.2) is 50.2 Å². The van der Waals surface area contributed by atoms with E-state index in [2.05, 4.69) is 15.6 Å². The molecule has 2 heterocycles. The second-order valence-corrected chi connectivity index (χ2v) is 4.34. The van der Waals surface area contributed by atoms with Gasteiger partial charge in [0.2, 0.25) is 5.91 Å². The van der Waals surface area contributed by atoms with Gasteiger partial charge in [-0.25, -0.2) is 4.98 Å². The maximum absolute atomic E-state index is 12.1. The molecule has 1 aromatic rings. The Morgan fingerprint density at radius 1 is 1.68 bits per heavy atom. The van der Waals surface area contributed by atoms with Gasteiger partial charge in [0, 0.05) is 32.4 Å². The van der Waals surface area contributed by atoms with Crippen LogP contribution < -0.4 is 20.3 Å². The monoisotopic (exact) mass is 264 g/mol. The van der Waals surface area contributed by atoms with E-state index in [1.165, 1.54) is 0 Å². The zero-order valence-corrected chi connectivity index (χ0v) is 11.3. The minimum absolute atomic E-state index is 0.0161. The number of hydrogen-bond acceptors (Lipinski definition) is 5. The number of piperazine rings is 1. The molecule has 0 aromatic carbocycles. The summed E-state index contributed by atoms with van der Waals surface area (Å²) in [7, 11) is 1.61. The Morgan fingerprint density at radius 3 is 3.26 bits per heavy atom.